The second-order valence-corrected chi connectivity index (χ2v) is 8.64. The molecule has 0 saturated carbocycles. The Morgan fingerprint density at radius 3 is 2.45 bits per heavy atom. The number of anilines is 1. The van der Waals surface area contributed by atoms with Gasteiger partial charge in [-0.15, -0.1) is 0 Å². The third kappa shape index (κ3) is 4.99. The van der Waals surface area contributed by atoms with Crippen LogP contribution in [-0.4, -0.2) is 17.8 Å². The first-order valence-corrected chi connectivity index (χ1v) is 11.1. The average molecular weight is 526 g/mol. The van der Waals surface area contributed by atoms with Crippen LogP contribution in [0, 0.1) is 6.92 Å². The number of halogens is 2. The zero-order valence-corrected chi connectivity index (χ0v) is 19.8. The summed E-state index contributed by atoms with van der Waals surface area (Å²) < 4.78 is 6.50. The highest BCUT2D eigenvalue weighted by atomic mass is 79.9. The van der Waals surface area contributed by atoms with Gasteiger partial charge in [-0.3, -0.25) is 14.9 Å². The van der Waals surface area contributed by atoms with Crippen LogP contribution in [0.4, 0.5) is 10.5 Å². The van der Waals surface area contributed by atoms with Gasteiger partial charge >= 0.3 is 6.03 Å². The zero-order valence-electron chi connectivity index (χ0n) is 17.5. The van der Waals surface area contributed by atoms with Gasteiger partial charge in [-0.05, 0) is 76.0 Å². The van der Waals surface area contributed by atoms with Gasteiger partial charge in [0.15, 0.2) is 0 Å². The van der Waals surface area contributed by atoms with Gasteiger partial charge in [-0.25, -0.2) is 9.69 Å². The molecule has 1 aliphatic heterocycles. The lowest BCUT2D eigenvalue weighted by Gasteiger charge is -2.27. The van der Waals surface area contributed by atoms with Crippen LogP contribution in [-0.2, 0) is 16.2 Å². The van der Waals surface area contributed by atoms with E-state index in [2.05, 4.69) is 21.2 Å². The van der Waals surface area contributed by atoms with Crippen LogP contribution in [0.2, 0.25) is 5.02 Å². The molecule has 0 radical (unpaired) electrons. The van der Waals surface area contributed by atoms with Crippen molar-refractivity contribution >= 4 is 57.1 Å². The molecule has 33 heavy (non-hydrogen) atoms. The van der Waals surface area contributed by atoms with E-state index in [4.69, 9.17) is 16.3 Å². The quantitative estimate of drug-likeness (QED) is 0.345. The van der Waals surface area contributed by atoms with Gasteiger partial charge in [-0.1, -0.05) is 48.0 Å². The Bertz CT molecular complexity index is 1290. The van der Waals surface area contributed by atoms with Crippen LogP contribution in [0.5, 0.6) is 5.75 Å². The standard InChI is InChI=1S/C25H18BrClN2O4/c1-15-4-2-3-5-21(15)29-24(31)19(23(30)28-25(29)32)12-17-8-11-22(20(26)13-17)33-14-16-6-9-18(27)10-7-16/h2-13H,14H2,1H3,(H,28,30,32)/b19-12+. The van der Waals surface area contributed by atoms with E-state index in [9.17, 15) is 14.4 Å². The lowest BCUT2D eigenvalue weighted by Crippen LogP contribution is -2.54. The molecular weight excluding hydrogens is 508 g/mol. The van der Waals surface area contributed by atoms with E-state index in [1.54, 1.807) is 61.5 Å². The van der Waals surface area contributed by atoms with Crippen molar-refractivity contribution in [3.8, 4) is 5.75 Å². The number of nitrogens with one attached hydrogen (secondary N) is 1. The van der Waals surface area contributed by atoms with Crippen LogP contribution in [0.1, 0.15) is 16.7 Å². The summed E-state index contributed by atoms with van der Waals surface area (Å²) in [6.07, 6.45) is 1.45. The van der Waals surface area contributed by atoms with E-state index in [0.29, 0.717) is 33.1 Å². The number of urea groups is 1. The molecule has 0 bridgehead atoms. The van der Waals surface area contributed by atoms with Crippen molar-refractivity contribution in [2.75, 3.05) is 4.90 Å². The normalized spacial score (nSPS) is 15.1. The molecule has 0 aliphatic carbocycles. The molecule has 1 fully saturated rings. The minimum atomic E-state index is -0.774. The maximum atomic E-state index is 13.1. The van der Waals surface area contributed by atoms with Crippen LogP contribution < -0.4 is 15.0 Å². The van der Waals surface area contributed by atoms with Gasteiger partial charge in [0, 0.05) is 5.02 Å². The van der Waals surface area contributed by atoms with Gasteiger partial charge in [-0.2, -0.15) is 0 Å². The topological polar surface area (TPSA) is 75.7 Å². The molecule has 1 saturated heterocycles. The fourth-order valence-corrected chi connectivity index (χ4v) is 3.96. The number of imide groups is 2. The first-order valence-electron chi connectivity index (χ1n) is 9.97. The highest BCUT2D eigenvalue weighted by molar-refractivity contribution is 9.10. The van der Waals surface area contributed by atoms with Gasteiger partial charge in [0.2, 0.25) is 0 Å². The first-order chi connectivity index (χ1) is 15.8. The van der Waals surface area contributed by atoms with Crippen molar-refractivity contribution in [2.45, 2.75) is 13.5 Å². The molecule has 8 heteroatoms. The number of carbonyl (C=O) groups excluding carboxylic acids is 3. The van der Waals surface area contributed by atoms with Gasteiger partial charge in [0.25, 0.3) is 11.8 Å². The monoisotopic (exact) mass is 524 g/mol. The number of barbiturate groups is 1. The SMILES string of the molecule is Cc1ccccc1N1C(=O)NC(=O)/C(=C\c2ccc(OCc3ccc(Cl)cc3)c(Br)c2)C1=O. The Morgan fingerprint density at radius 2 is 1.76 bits per heavy atom. The number of aryl methyl sites for hydroxylation is 1. The smallest absolute Gasteiger partial charge is 0.335 e. The number of rotatable bonds is 5. The van der Waals surface area contributed by atoms with E-state index in [-0.39, 0.29) is 5.57 Å². The van der Waals surface area contributed by atoms with Gasteiger partial charge in [0.05, 0.1) is 10.2 Å². The summed E-state index contributed by atoms with van der Waals surface area (Å²) in [6, 6.07) is 18.7. The van der Waals surface area contributed by atoms with E-state index >= 15 is 0 Å². The number of para-hydroxylation sites is 1. The minimum Gasteiger partial charge on any atom is -0.488 e. The van der Waals surface area contributed by atoms with E-state index in [0.717, 1.165) is 16.0 Å². The van der Waals surface area contributed by atoms with Crippen LogP contribution in [0.15, 0.2) is 76.8 Å². The Balaban J connectivity index is 1.57. The highest BCUT2D eigenvalue weighted by Crippen LogP contribution is 2.29. The molecule has 4 rings (SSSR count). The summed E-state index contributed by atoms with van der Waals surface area (Å²) >= 11 is 9.37. The third-order valence-electron chi connectivity index (χ3n) is 5.03. The largest absolute Gasteiger partial charge is 0.488 e. The summed E-state index contributed by atoms with van der Waals surface area (Å²) in [5, 5.41) is 2.89. The maximum Gasteiger partial charge on any atom is 0.335 e. The van der Waals surface area contributed by atoms with Gasteiger partial charge < -0.3 is 4.74 Å². The molecule has 0 aromatic heterocycles. The van der Waals surface area contributed by atoms with E-state index < -0.39 is 17.8 Å². The Hall–Kier alpha value is -3.42. The van der Waals surface area contributed by atoms with Crippen molar-refractivity contribution in [3.05, 3.63) is 98.5 Å². The molecular formula is C25H18BrClN2O4. The molecule has 1 heterocycles. The molecule has 1 aliphatic rings. The molecule has 3 aromatic carbocycles. The summed E-state index contributed by atoms with van der Waals surface area (Å²) in [4.78, 5) is 38.9. The maximum absolute atomic E-state index is 13.1. The van der Waals surface area contributed by atoms with Crippen molar-refractivity contribution in [3.63, 3.8) is 0 Å². The molecule has 0 atom stereocenters. The van der Waals surface area contributed by atoms with E-state index in [1.165, 1.54) is 6.08 Å². The van der Waals surface area contributed by atoms with Crippen molar-refractivity contribution in [1.29, 1.82) is 0 Å². The number of benzene rings is 3. The van der Waals surface area contributed by atoms with Crippen molar-refractivity contribution < 1.29 is 19.1 Å². The molecule has 4 amide bonds. The van der Waals surface area contributed by atoms with Crippen molar-refractivity contribution in [2.24, 2.45) is 0 Å². The highest BCUT2D eigenvalue weighted by Gasteiger charge is 2.37. The number of nitrogens with zero attached hydrogens (tertiary/aromatic N) is 1. The lowest BCUT2D eigenvalue weighted by molar-refractivity contribution is -0.122. The van der Waals surface area contributed by atoms with Crippen LogP contribution >= 0.6 is 27.5 Å². The average Bonchev–Trinajstić information content (AvgIpc) is 2.78. The fourth-order valence-electron chi connectivity index (χ4n) is 3.32. The Kier molecular flexibility index (Phi) is 6.62. The number of carbonyl (C=O) groups is 3. The zero-order chi connectivity index (χ0) is 23.5. The number of hydrogen-bond donors (Lipinski definition) is 1. The van der Waals surface area contributed by atoms with Crippen LogP contribution in [0.25, 0.3) is 6.08 Å². The Morgan fingerprint density at radius 1 is 1.03 bits per heavy atom. The summed E-state index contributed by atoms with van der Waals surface area (Å²) in [6.45, 7) is 2.14. The summed E-state index contributed by atoms with van der Waals surface area (Å²) in [5.74, 6) is -0.825. The fraction of sp³-hybridized carbons (Fsp3) is 0.0800. The first kappa shape index (κ1) is 22.8. The third-order valence-corrected chi connectivity index (χ3v) is 5.90. The molecule has 6 nitrogen and oxygen atoms in total. The number of ether oxygens (including phenoxy) is 1. The summed E-state index contributed by atoms with van der Waals surface area (Å²) in [7, 11) is 0. The van der Waals surface area contributed by atoms with E-state index in [1.807, 2.05) is 12.1 Å². The molecule has 166 valence electrons. The minimum absolute atomic E-state index is 0.139. The lowest BCUT2D eigenvalue weighted by atomic mass is 10.1. The predicted octanol–water partition coefficient (Wildman–Crippen LogP) is 5.66. The number of hydrogen-bond acceptors (Lipinski definition) is 4. The Labute approximate surface area is 203 Å². The number of amides is 4. The predicted molar refractivity (Wildman–Crippen MR) is 130 cm³/mol. The second-order valence-electron chi connectivity index (χ2n) is 7.35. The molecule has 1 N–H and O–H groups in total. The summed E-state index contributed by atoms with van der Waals surface area (Å²) in [5.41, 5.74) is 2.57. The molecule has 3 aromatic rings. The van der Waals surface area contributed by atoms with Crippen LogP contribution in [0.3, 0.4) is 0 Å². The van der Waals surface area contributed by atoms with Crippen molar-refractivity contribution in [1.82, 2.24) is 5.32 Å². The molecule has 0 unspecified atom stereocenters. The molecule has 0 spiro atoms. The van der Waals surface area contributed by atoms with Gasteiger partial charge in [0.1, 0.15) is 17.9 Å². The second kappa shape index (κ2) is 9.60.